The summed E-state index contributed by atoms with van der Waals surface area (Å²) in [5.74, 6) is 1.49. The number of pyridine rings is 1. The second-order valence-electron chi connectivity index (χ2n) is 9.01. The third kappa shape index (κ3) is 4.82. The van der Waals surface area contributed by atoms with Gasteiger partial charge in [-0.3, -0.25) is 0 Å². The molecule has 1 amide bonds. The maximum absolute atomic E-state index is 12.3. The van der Waals surface area contributed by atoms with Crippen LogP contribution in [0.4, 0.5) is 10.6 Å². The van der Waals surface area contributed by atoms with E-state index in [1.807, 2.05) is 32.3 Å². The van der Waals surface area contributed by atoms with Crippen LogP contribution in [0.1, 0.15) is 40.5 Å². The number of halogens is 1. The molecular formula is C21H28ClN7O4. The SMILES string of the molecule is CCn1c(-c2nonc2N)nc2c(Cl)ncc(OCC3CCN(C(=O)OC(C)(C)C)CC3)c21. The molecule has 0 radical (unpaired) electrons. The van der Waals surface area contributed by atoms with Gasteiger partial charge in [-0.05, 0) is 56.8 Å². The number of hydrogen-bond donors (Lipinski definition) is 1. The molecule has 0 aromatic carbocycles. The van der Waals surface area contributed by atoms with Crippen LogP contribution in [0.15, 0.2) is 10.8 Å². The van der Waals surface area contributed by atoms with E-state index in [2.05, 4.69) is 20.3 Å². The average Bonchev–Trinajstić information content (AvgIpc) is 3.36. The Morgan fingerprint density at radius 2 is 2.03 bits per heavy atom. The Balaban J connectivity index is 1.49. The van der Waals surface area contributed by atoms with Gasteiger partial charge in [-0.15, -0.1) is 0 Å². The molecule has 11 nitrogen and oxygen atoms in total. The number of nitrogen functional groups attached to an aromatic ring is 1. The Bertz CT molecular complexity index is 1150. The van der Waals surface area contributed by atoms with E-state index in [1.54, 1.807) is 11.1 Å². The predicted octanol–water partition coefficient (Wildman–Crippen LogP) is 3.76. The molecule has 0 spiro atoms. The second-order valence-corrected chi connectivity index (χ2v) is 9.37. The number of anilines is 1. The number of nitrogens with zero attached hydrogens (tertiary/aromatic N) is 6. The van der Waals surface area contributed by atoms with Gasteiger partial charge in [-0.25, -0.2) is 19.4 Å². The molecule has 1 aliphatic rings. The van der Waals surface area contributed by atoms with Crippen molar-refractivity contribution in [1.29, 1.82) is 0 Å². The van der Waals surface area contributed by atoms with E-state index < -0.39 is 5.60 Å². The van der Waals surface area contributed by atoms with E-state index >= 15 is 0 Å². The Kier molecular flexibility index (Phi) is 6.33. The fraction of sp³-hybridized carbons (Fsp3) is 0.571. The minimum Gasteiger partial charge on any atom is -0.489 e. The van der Waals surface area contributed by atoms with Crippen molar-refractivity contribution in [2.45, 2.75) is 52.7 Å². The second kappa shape index (κ2) is 9.05. The lowest BCUT2D eigenvalue weighted by Gasteiger charge is -2.33. The summed E-state index contributed by atoms with van der Waals surface area (Å²) >= 11 is 6.33. The molecule has 0 saturated carbocycles. The van der Waals surface area contributed by atoms with Gasteiger partial charge in [-0.2, -0.15) is 0 Å². The highest BCUT2D eigenvalue weighted by Gasteiger charge is 2.28. The number of nitrogens with two attached hydrogens (primary N) is 1. The van der Waals surface area contributed by atoms with Crippen LogP contribution in [-0.4, -0.2) is 61.1 Å². The fourth-order valence-corrected chi connectivity index (χ4v) is 4.03. The van der Waals surface area contributed by atoms with Crippen molar-refractivity contribution in [3.05, 3.63) is 11.3 Å². The van der Waals surface area contributed by atoms with E-state index in [9.17, 15) is 4.79 Å². The van der Waals surface area contributed by atoms with Gasteiger partial charge in [0.25, 0.3) is 0 Å². The molecule has 3 aromatic heterocycles. The molecule has 33 heavy (non-hydrogen) atoms. The molecule has 0 unspecified atom stereocenters. The number of imidazole rings is 1. The molecular weight excluding hydrogens is 450 g/mol. The number of aromatic nitrogens is 5. The van der Waals surface area contributed by atoms with E-state index in [1.165, 1.54) is 0 Å². The topological polar surface area (TPSA) is 134 Å². The van der Waals surface area contributed by atoms with Crippen molar-refractivity contribution in [2.75, 3.05) is 25.4 Å². The van der Waals surface area contributed by atoms with Crippen molar-refractivity contribution in [3.63, 3.8) is 0 Å². The fourth-order valence-electron chi connectivity index (χ4n) is 3.85. The summed E-state index contributed by atoms with van der Waals surface area (Å²) in [6, 6.07) is 0. The minimum absolute atomic E-state index is 0.142. The minimum atomic E-state index is -0.502. The van der Waals surface area contributed by atoms with Gasteiger partial charge in [0.2, 0.25) is 0 Å². The number of aryl methyl sites for hydroxylation is 1. The molecule has 1 fully saturated rings. The van der Waals surface area contributed by atoms with Crippen LogP contribution in [0.5, 0.6) is 5.75 Å². The monoisotopic (exact) mass is 477 g/mol. The van der Waals surface area contributed by atoms with Crippen molar-refractivity contribution >= 4 is 34.5 Å². The summed E-state index contributed by atoms with van der Waals surface area (Å²) < 4.78 is 18.3. The van der Waals surface area contributed by atoms with Gasteiger partial charge in [0.15, 0.2) is 28.2 Å². The largest absolute Gasteiger partial charge is 0.489 e. The molecule has 1 saturated heterocycles. The molecule has 1 aliphatic heterocycles. The van der Waals surface area contributed by atoms with E-state index in [-0.39, 0.29) is 17.1 Å². The first kappa shape index (κ1) is 23.1. The molecule has 178 valence electrons. The van der Waals surface area contributed by atoms with Gasteiger partial charge in [-0.1, -0.05) is 11.6 Å². The number of hydrogen-bond acceptors (Lipinski definition) is 9. The zero-order chi connectivity index (χ0) is 23.8. The molecule has 4 heterocycles. The number of carbonyl (C=O) groups excluding carboxylic acids is 1. The van der Waals surface area contributed by atoms with Crippen LogP contribution >= 0.6 is 11.6 Å². The third-order valence-electron chi connectivity index (χ3n) is 5.47. The maximum atomic E-state index is 12.3. The van der Waals surface area contributed by atoms with Gasteiger partial charge in [0, 0.05) is 19.6 Å². The van der Waals surface area contributed by atoms with E-state index in [4.69, 9.17) is 31.4 Å². The molecule has 3 aromatic rings. The van der Waals surface area contributed by atoms with Crippen LogP contribution in [-0.2, 0) is 11.3 Å². The van der Waals surface area contributed by atoms with Crippen molar-refractivity contribution in [3.8, 4) is 17.3 Å². The van der Waals surface area contributed by atoms with Gasteiger partial charge in [0.05, 0.1) is 12.8 Å². The summed E-state index contributed by atoms with van der Waals surface area (Å²) in [5, 5.41) is 7.77. The van der Waals surface area contributed by atoms with Crippen molar-refractivity contribution in [2.24, 2.45) is 5.92 Å². The number of amides is 1. The van der Waals surface area contributed by atoms with Crippen LogP contribution in [0.2, 0.25) is 5.15 Å². The first-order valence-corrected chi connectivity index (χ1v) is 11.3. The Morgan fingerprint density at radius 3 is 2.64 bits per heavy atom. The van der Waals surface area contributed by atoms with E-state index in [0.29, 0.717) is 60.5 Å². The number of ether oxygens (including phenoxy) is 2. The van der Waals surface area contributed by atoms with Gasteiger partial charge < -0.3 is 24.7 Å². The highest BCUT2D eigenvalue weighted by molar-refractivity contribution is 6.34. The lowest BCUT2D eigenvalue weighted by molar-refractivity contribution is 0.0165. The third-order valence-corrected chi connectivity index (χ3v) is 5.75. The summed E-state index contributed by atoms with van der Waals surface area (Å²) in [7, 11) is 0. The Morgan fingerprint density at radius 1 is 1.30 bits per heavy atom. The van der Waals surface area contributed by atoms with E-state index in [0.717, 1.165) is 12.8 Å². The summed E-state index contributed by atoms with van der Waals surface area (Å²) in [5.41, 5.74) is 6.92. The number of rotatable bonds is 5. The summed E-state index contributed by atoms with van der Waals surface area (Å²) in [6.07, 6.45) is 2.97. The zero-order valence-corrected chi connectivity index (χ0v) is 19.9. The normalized spacial score (nSPS) is 15.2. The first-order chi connectivity index (χ1) is 15.7. The number of fused-ring (bicyclic) bond motifs is 1. The molecule has 0 bridgehead atoms. The average molecular weight is 478 g/mol. The van der Waals surface area contributed by atoms with Crippen LogP contribution in [0.25, 0.3) is 22.6 Å². The number of piperidine rings is 1. The smallest absolute Gasteiger partial charge is 0.410 e. The number of carbonyl (C=O) groups is 1. The zero-order valence-electron chi connectivity index (χ0n) is 19.2. The number of likely N-dealkylation sites (tertiary alicyclic amines) is 1. The highest BCUT2D eigenvalue weighted by atomic mass is 35.5. The summed E-state index contributed by atoms with van der Waals surface area (Å²) in [6.45, 7) is 9.89. The highest BCUT2D eigenvalue weighted by Crippen LogP contribution is 2.35. The van der Waals surface area contributed by atoms with Crippen molar-refractivity contribution < 1.29 is 18.9 Å². The lowest BCUT2D eigenvalue weighted by Crippen LogP contribution is -2.42. The molecule has 0 aliphatic carbocycles. The lowest BCUT2D eigenvalue weighted by atomic mass is 9.98. The molecule has 12 heteroatoms. The Labute approximate surface area is 196 Å². The van der Waals surface area contributed by atoms with Crippen LogP contribution in [0.3, 0.4) is 0 Å². The summed E-state index contributed by atoms with van der Waals surface area (Å²) in [4.78, 5) is 22.9. The standard InChI is InChI=1S/C21H28ClN7O4/c1-5-29-16-13(10-24-17(22)14(16)25-19(29)15-18(23)27-33-26-15)31-11-12-6-8-28(9-7-12)20(30)32-21(2,3)4/h10,12H,5-9,11H2,1-4H3,(H2,23,27). The van der Waals surface area contributed by atoms with Gasteiger partial charge >= 0.3 is 6.09 Å². The van der Waals surface area contributed by atoms with Crippen LogP contribution < -0.4 is 10.5 Å². The maximum Gasteiger partial charge on any atom is 0.410 e. The molecule has 4 rings (SSSR count). The van der Waals surface area contributed by atoms with Gasteiger partial charge in [0.1, 0.15) is 16.6 Å². The Hall–Kier alpha value is -3.08. The first-order valence-electron chi connectivity index (χ1n) is 10.9. The van der Waals surface area contributed by atoms with Crippen molar-refractivity contribution in [1.82, 2.24) is 29.7 Å². The quantitative estimate of drug-likeness (QED) is 0.544. The van der Waals surface area contributed by atoms with Crippen LogP contribution in [0, 0.1) is 5.92 Å². The molecule has 0 atom stereocenters. The predicted molar refractivity (Wildman–Crippen MR) is 122 cm³/mol. The molecule has 2 N–H and O–H groups in total.